The van der Waals surface area contributed by atoms with E-state index in [4.69, 9.17) is 0 Å². The Morgan fingerprint density at radius 1 is 1.50 bits per heavy atom. The van der Waals surface area contributed by atoms with Gasteiger partial charge in [-0.05, 0) is 37.4 Å². The first-order valence-corrected chi connectivity index (χ1v) is 5.78. The molecule has 1 aromatic rings. The number of β-amino-alcohol motifs (C(OH)–C–C–N with tert-alkyl or cyclic N) is 1. The van der Waals surface area contributed by atoms with Crippen LogP contribution in [0.1, 0.15) is 24.0 Å². The first-order valence-electron chi connectivity index (χ1n) is 5.78. The van der Waals surface area contributed by atoms with E-state index in [1.807, 2.05) is 6.07 Å². The number of hydrogen-bond donors (Lipinski definition) is 2. The van der Waals surface area contributed by atoms with Crippen molar-refractivity contribution in [3.05, 3.63) is 35.1 Å². The van der Waals surface area contributed by atoms with Gasteiger partial charge in [0.05, 0.1) is 5.60 Å². The van der Waals surface area contributed by atoms with Crippen LogP contribution in [-0.4, -0.2) is 23.8 Å². The largest absolute Gasteiger partial charge is 0.388 e. The summed E-state index contributed by atoms with van der Waals surface area (Å²) in [5.41, 5.74) is 0.475. The van der Waals surface area contributed by atoms with Crippen LogP contribution in [0.5, 0.6) is 0 Å². The summed E-state index contributed by atoms with van der Waals surface area (Å²) in [6, 6.07) is 5.35. The van der Waals surface area contributed by atoms with E-state index in [1.54, 1.807) is 19.1 Å². The standard InChI is InChI=1S/C13H18FNO/c1-10-4-2-5-11(12(10)14)8-13(16)6-3-7-15-9-13/h2,4-5,15-16H,3,6-9H2,1H3. The van der Waals surface area contributed by atoms with Crippen LogP contribution in [0.3, 0.4) is 0 Å². The third-order valence-corrected chi connectivity index (χ3v) is 3.24. The predicted octanol–water partition coefficient (Wildman–Crippen LogP) is 1.79. The number of hydrogen-bond acceptors (Lipinski definition) is 2. The Morgan fingerprint density at radius 2 is 2.31 bits per heavy atom. The van der Waals surface area contributed by atoms with E-state index in [-0.39, 0.29) is 5.82 Å². The molecule has 0 aromatic heterocycles. The predicted molar refractivity (Wildman–Crippen MR) is 61.9 cm³/mol. The molecule has 1 heterocycles. The van der Waals surface area contributed by atoms with E-state index in [0.29, 0.717) is 24.1 Å². The van der Waals surface area contributed by atoms with Gasteiger partial charge in [-0.2, -0.15) is 0 Å². The molecule has 1 fully saturated rings. The highest BCUT2D eigenvalue weighted by Gasteiger charge is 2.30. The molecule has 2 nitrogen and oxygen atoms in total. The van der Waals surface area contributed by atoms with Gasteiger partial charge < -0.3 is 10.4 Å². The summed E-state index contributed by atoms with van der Waals surface area (Å²) in [6.45, 7) is 3.25. The van der Waals surface area contributed by atoms with Crippen LogP contribution < -0.4 is 5.32 Å². The smallest absolute Gasteiger partial charge is 0.129 e. The van der Waals surface area contributed by atoms with E-state index < -0.39 is 5.60 Å². The highest BCUT2D eigenvalue weighted by molar-refractivity contribution is 5.26. The lowest BCUT2D eigenvalue weighted by Crippen LogP contribution is -2.47. The van der Waals surface area contributed by atoms with Crippen molar-refractivity contribution in [2.24, 2.45) is 0 Å². The maximum Gasteiger partial charge on any atom is 0.129 e. The second-order valence-corrected chi connectivity index (χ2v) is 4.73. The van der Waals surface area contributed by atoms with Crippen LogP contribution in [-0.2, 0) is 6.42 Å². The molecule has 3 heteroatoms. The number of halogens is 1. The summed E-state index contributed by atoms with van der Waals surface area (Å²) < 4.78 is 13.8. The molecule has 0 radical (unpaired) electrons. The molecule has 1 aromatic carbocycles. The molecular formula is C13H18FNO. The minimum Gasteiger partial charge on any atom is -0.388 e. The molecule has 16 heavy (non-hydrogen) atoms. The van der Waals surface area contributed by atoms with Gasteiger partial charge in [0.2, 0.25) is 0 Å². The van der Waals surface area contributed by atoms with Gasteiger partial charge in [-0.25, -0.2) is 4.39 Å². The second-order valence-electron chi connectivity index (χ2n) is 4.73. The van der Waals surface area contributed by atoms with Crippen LogP contribution in [0.25, 0.3) is 0 Å². The van der Waals surface area contributed by atoms with Crippen LogP contribution >= 0.6 is 0 Å². The number of rotatable bonds is 2. The minimum absolute atomic E-state index is 0.179. The van der Waals surface area contributed by atoms with Crippen molar-refractivity contribution in [3.63, 3.8) is 0 Å². The summed E-state index contributed by atoms with van der Waals surface area (Å²) in [5.74, 6) is -0.179. The molecule has 1 aliphatic rings. The van der Waals surface area contributed by atoms with Crippen molar-refractivity contribution in [3.8, 4) is 0 Å². The van der Waals surface area contributed by atoms with Crippen molar-refractivity contribution in [1.29, 1.82) is 0 Å². The SMILES string of the molecule is Cc1cccc(CC2(O)CCCNC2)c1F. The number of nitrogens with one attached hydrogen (secondary N) is 1. The van der Waals surface area contributed by atoms with Gasteiger partial charge in [0, 0.05) is 13.0 Å². The van der Waals surface area contributed by atoms with Gasteiger partial charge in [-0.15, -0.1) is 0 Å². The average Bonchev–Trinajstić information content (AvgIpc) is 2.26. The van der Waals surface area contributed by atoms with Gasteiger partial charge in [0.1, 0.15) is 5.82 Å². The van der Waals surface area contributed by atoms with Crippen LogP contribution in [0, 0.1) is 12.7 Å². The number of aryl methyl sites for hydroxylation is 1. The molecule has 0 bridgehead atoms. The molecule has 2 rings (SSSR count). The first-order chi connectivity index (χ1) is 7.61. The van der Waals surface area contributed by atoms with E-state index in [0.717, 1.165) is 19.4 Å². The third-order valence-electron chi connectivity index (χ3n) is 3.24. The molecule has 0 aliphatic carbocycles. The lowest BCUT2D eigenvalue weighted by molar-refractivity contribution is 0.0162. The summed E-state index contributed by atoms with van der Waals surface area (Å²) in [4.78, 5) is 0. The monoisotopic (exact) mass is 223 g/mol. The van der Waals surface area contributed by atoms with Gasteiger partial charge in [-0.3, -0.25) is 0 Å². The maximum atomic E-state index is 13.8. The van der Waals surface area contributed by atoms with E-state index in [1.165, 1.54) is 0 Å². The molecule has 0 amide bonds. The van der Waals surface area contributed by atoms with Crippen LogP contribution in [0.2, 0.25) is 0 Å². The van der Waals surface area contributed by atoms with Gasteiger partial charge >= 0.3 is 0 Å². The highest BCUT2D eigenvalue weighted by Crippen LogP contribution is 2.23. The Hall–Kier alpha value is -0.930. The topological polar surface area (TPSA) is 32.3 Å². The Balaban J connectivity index is 2.16. The molecule has 88 valence electrons. The molecule has 1 aliphatic heterocycles. The summed E-state index contributed by atoms with van der Waals surface area (Å²) in [5, 5.41) is 13.5. The van der Waals surface area contributed by atoms with Gasteiger partial charge in [-0.1, -0.05) is 18.2 Å². The van der Waals surface area contributed by atoms with Crippen molar-refractivity contribution in [2.45, 2.75) is 31.8 Å². The number of benzene rings is 1. The summed E-state index contributed by atoms with van der Waals surface area (Å²) >= 11 is 0. The normalized spacial score (nSPS) is 25.7. The molecule has 2 N–H and O–H groups in total. The van der Waals surface area contributed by atoms with Crippen molar-refractivity contribution < 1.29 is 9.50 Å². The van der Waals surface area contributed by atoms with Gasteiger partial charge in [0.25, 0.3) is 0 Å². The summed E-state index contributed by atoms with van der Waals surface area (Å²) in [7, 11) is 0. The maximum absolute atomic E-state index is 13.8. The lowest BCUT2D eigenvalue weighted by Gasteiger charge is -2.33. The van der Waals surface area contributed by atoms with Crippen LogP contribution in [0.4, 0.5) is 4.39 Å². The fourth-order valence-corrected chi connectivity index (χ4v) is 2.30. The molecular weight excluding hydrogens is 205 g/mol. The second kappa shape index (κ2) is 4.52. The molecule has 1 unspecified atom stereocenters. The fourth-order valence-electron chi connectivity index (χ4n) is 2.30. The Labute approximate surface area is 95.5 Å². The number of aliphatic hydroxyl groups is 1. The Bertz CT molecular complexity index is 372. The zero-order valence-electron chi connectivity index (χ0n) is 9.59. The van der Waals surface area contributed by atoms with E-state index in [2.05, 4.69) is 5.32 Å². The molecule has 1 saturated heterocycles. The average molecular weight is 223 g/mol. The van der Waals surface area contributed by atoms with Crippen molar-refractivity contribution >= 4 is 0 Å². The zero-order valence-corrected chi connectivity index (χ0v) is 9.59. The summed E-state index contributed by atoms with van der Waals surface area (Å²) in [6.07, 6.45) is 2.09. The van der Waals surface area contributed by atoms with Gasteiger partial charge in [0.15, 0.2) is 0 Å². The lowest BCUT2D eigenvalue weighted by atomic mass is 9.87. The molecule has 1 atom stereocenters. The third kappa shape index (κ3) is 2.42. The molecule has 0 saturated carbocycles. The molecule has 0 spiro atoms. The quantitative estimate of drug-likeness (QED) is 0.801. The minimum atomic E-state index is -0.785. The van der Waals surface area contributed by atoms with E-state index in [9.17, 15) is 9.50 Å². The Kier molecular flexibility index (Phi) is 3.26. The van der Waals surface area contributed by atoms with E-state index >= 15 is 0 Å². The highest BCUT2D eigenvalue weighted by atomic mass is 19.1. The van der Waals surface area contributed by atoms with Crippen LogP contribution in [0.15, 0.2) is 18.2 Å². The zero-order chi connectivity index (χ0) is 11.6. The Morgan fingerprint density at radius 3 is 3.00 bits per heavy atom. The first kappa shape index (κ1) is 11.6. The number of piperidine rings is 1. The fraction of sp³-hybridized carbons (Fsp3) is 0.538. The van der Waals surface area contributed by atoms with Crippen molar-refractivity contribution in [2.75, 3.05) is 13.1 Å². The van der Waals surface area contributed by atoms with Crippen molar-refractivity contribution in [1.82, 2.24) is 5.32 Å².